The molecule has 0 fully saturated rings. The Morgan fingerprint density at radius 1 is 1.30 bits per heavy atom. The molecule has 2 rings (SSSR count). The molecular formula is C14H12BrClN2O2. The Bertz CT molecular complexity index is 647. The quantitative estimate of drug-likeness (QED) is 0.379. The fourth-order valence-corrected chi connectivity index (χ4v) is 2.18. The van der Waals surface area contributed by atoms with Crippen molar-refractivity contribution < 1.29 is 9.94 Å². The minimum atomic E-state index is -0.00772. The first-order chi connectivity index (χ1) is 9.61. The maximum Gasteiger partial charge on any atom is 0.173 e. The first-order valence-electron chi connectivity index (χ1n) is 5.75. The molecule has 0 saturated heterocycles. The number of nitrogens with zero attached hydrogens (tertiary/aromatic N) is 1. The first-order valence-corrected chi connectivity index (χ1v) is 6.92. The molecule has 0 unspecified atom stereocenters. The summed E-state index contributed by atoms with van der Waals surface area (Å²) in [5.41, 5.74) is 7.00. The van der Waals surface area contributed by atoms with E-state index >= 15 is 0 Å². The monoisotopic (exact) mass is 354 g/mol. The van der Waals surface area contributed by atoms with Crippen molar-refractivity contribution in [2.75, 3.05) is 0 Å². The molecule has 20 heavy (non-hydrogen) atoms. The molecule has 0 aromatic heterocycles. The Morgan fingerprint density at radius 2 is 2.05 bits per heavy atom. The summed E-state index contributed by atoms with van der Waals surface area (Å²) >= 11 is 9.43. The van der Waals surface area contributed by atoms with E-state index in [1.54, 1.807) is 24.3 Å². The molecule has 2 aromatic carbocycles. The average molecular weight is 356 g/mol. The van der Waals surface area contributed by atoms with Crippen molar-refractivity contribution in [1.29, 1.82) is 0 Å². The van der Waals surface area contributed by atoms with Gasteiger partial charge in [-0.1, -0.05) is 50.9 Å². The van der Waals surface area contributed by atoms with Crippen LogP contribution >= 0.6 is 27.5 Å². The molecule has 0 aliphatic rings. The SMILES string of the molecule is N/C(=N/O)c1ccc(Br)cc1OCc1ccccc1Cl. The average Bonchev–Trinajstić information content (AvgIpc) is 2.46. The van der Waals surface area contributed by atoms with Gasteiger partial charge in [-0.2, -0.15) is 0 Å². The molecule has 3 N–H and O–H groups in total. The van der Waals surface area contributed by atoms with Gasteiger partial charge in [0, 0.05) is 15.1 Å². The van der Waals surface area contributed by atoms with E-state index in [9.17, 15) is 0 Å². The largest absolute Gasteiger partial charge is 0.488 e. The minimum absolute atomic E-state index is 0.00772. The molecule has 0 aliphatic carbocycles. The summed E-state index contributed by atoms with van der Waals surface area (Å²) in [6.07, 6.45) is 0. The molecule has 2 aromatic rings. The summed E-state index contributed by atoms with van der Waals surface area (Å²) in [4.78, 5) is 0. The smallest absolute Gasteiger partial charge is 0.173 e. The summed E-state index contributed by atoms with van der Waals surface area (Å²) < 4.78 is 6.56. The third kappa shape index (κ3) is 3.43. The molecule has 0 saturated carbocycles. The molecule has 0 atom stereocenters. The van der Waals surface area contributed by atoms with Gasteiger partial charge in [0.05, 0.1) is 5.56 Å². The first kappa shape index (κ1) is 14.7. The van der Waals surface area contributed by atoms with E-state index in [0.717, 1.165) is 10.0 Å². The molecular weight excluding hydrogens is 344 g/mol. The van der Waals surface area contributed by atoms with Crippen LogP contribution in [0.1, 0.15) is 11.1 Å². The molecule has 4 nitrogen and oxygen atoms in total. The van der Waals surface area contributed by atoms with E-state index in [0.29, 0.717) is 22.9 Å². The number of hydrogen-bond donors (Lipinski definition) is 2. The standard InChI is InChI=1S/C14H12BrClN2O2/c15-10-5-6-11(14(17)18-19)13(7-10)20-8-9-3-1-2-4-12(9)16/h1-7,19H,8H2,(H2,17,18). The minimum Gasteiger partial charge on any atom is -0.488 e. The normalized spacial score (nSPS) is 11.4. The molecule has 0 amide bonds. The van der Waals surface area contributed by atoms with Crippen molar-refractivity contribution in [2.24, 2.45) is 10.9 Å². The predicted octanol–water partition coefficient (Wildman–Crippen LogP) is 3.78. The van der Waals surface area contributed by atoms with E-state index in [4.69, 9.17) is 27.3 Å². The van der Waals surface area contributed by atoms with Crippen LogP contribution < -0.4 is 10.5 Å². The van der Waals surface area contributed by atoms with Crippen molar-refractivity contribution in [3.05, 3.63) is 63.1 Å². The highest BCUT2D eigenvalue weighted by Gasteiger charge is 2.10. The zero-order valence-corrected chi connectivity index (χ0v) is 12.7. The second kappa shape index (κ2) is 6.63. The highest BCUT2D eigenvalue weighted by atomic mass is 79.9. The lowest BCUT2D eigenvalue weighted by Gasteiger charge is -2.12. The van der Waals surface area contributed by atoms with Gasteiger partial charge in [0.25, 0.3) is 0 Å². The van der Waals surface area contributed by atoms with E-state index in [1.165, 1.54) is 0 Å². The number of nitrogens with two attached hydrogens (primary N) is 1. The van der Waals surface area contributed by atoms with Gasteiger partial charge in [0.1, 0.15) is 12.4 Å². The predicted molar refractivity (Wildman–Crippen MR) is 82.4 cm³/mol. The van der Waals surface area contributed by atoms with E-state index in [1.807, 2.05) is 18.2 Å². The van der Waals surface area contributed by atoms with E-state index < -0.39 is 0 Å². The number of ether oxygens (including phenoxy) is 1. The van der Waals surface area contributed by atoms with E-state index in [2.05, 4.69) is 21.1 Å². The zero-order chi connectivity index (χ0) is 14.5. The Balaban J connectivity index is 2.25. The molecule has 0 spiro atoms. The van der Waals surface area contributed by atoms with Crippen molar-refractivity contribution in [3.8, 4) is 5.75 Å². The van der Waals surface area contributed by atoms with Crippen LogP contribution in [-0.4, -0.2) is 11.0 Å². The molecule has 6 heteroatoms. The van der Waals surface area contributed by atoms with Crippen LogP contribution in [0.3, 0.4) is 0 Å². The van der Waals surface area contributed by atoms with Crippen LogP contribution in [-0.2, 0) is 6.61 Å². The fraction of sp³-hybridized carbons (Fsp3) is 0.0714. The van der Waals surface area contributed by atoms with Crippen LogP contribution in [0.25, 0.3) is 0 Å². The summed E-state index contributed by atoms with van der Waals surface area (Å²) in [6.45, 7) is 0.293. The maximum atomic E-state index is 8.79. The maximum absolute atomic E-state index is 8.79. The molecule has 0 bridgehead atoms. The Kier molecular flexibility index (Phi) is 4.87. The third-order valence-electron chi connectivity index (χ3n) is 2.67. The Hall–Kier alpha value is -1.72. The second-order valence-electron chi connectivity index (χ2n) is 4.01. The van der Waals surface area contributed by atoms with Gasteiger partial charge >= 0.3 is 0 Å². The van der Waals surface area contributed by atoms with Gasteiger partial charge in [0.15, 0.2) is 5.84 Å². The number of halogens is 2. The van der Waals surface area contributed by atoms with Gasteiger partial charge in [0.2, 0.25) is 0 Å². The lowest BCUT2D eigenvalue weighted by Crippen LogP contribution is -2.14. The lowest BCUT2D eigenvalue weighted by molar-refractivity contribution is 0.303. The van der Waals surface area contributed by atoms with Crippen LogP contribution in [0.15, 0.2) is 52.1 Å². The number of rotatable bonds is 4. The topological polar surface area (TPSA) is 67.8 Å². The van der Waals surface area contributed by atoms with Gasteiger partial charge in [-0.15, -0.1) is 0 Å². The van der Waals surface area contributed by atoms with Crippen LogP contribution in [0.4, 0.5) is 0 Å². The fourth-order valence-electron chi connectivity index (χ4n) is 1.65. The second-order valence-corrected chi connectivity index (χ2v) is 5.33. The number of benzene rings is 2. The molecule has 104 valence electrons. The van der Waals surface area contributed by atoms with Crippen molar-refractivity contribution in [1.82, 2.24) is 0 Å². The van der Waals surface area contributed by atoms with E-state index in [-0.39, 0.29) is 5.84 Å². The summed E-state index contributed by atoms with van der Waals surface area (Å²) in [5, 5.41) is 12.4. The lowest BCUT2D eigenvalue weighted by atomic mass is 10.2. The van der Waals surface area contributed by atoms with Crippen LogP contribution in [0, 0.1) is 0 Å². The highest BCUT2D eigenvalue weighted by molar-refractivity contribution is 9.10. The van der Waals surface area contributed by atoms with Crippen molar-refractivity contribution in [3.63, 3.8) is 0 Å². The number of oxime groups is 1. The summed E-state index contributed by atoms with van der Waals surface area (Å²) in [7, 11) is 0. The van der Waals surface area contributed by atoms with Gasteiger partial charge in [-0.05, 0) is 24.3 Å². The van der Waals surface area contributed by atoms with Gasteiger partial charge < -0.3 is 15.7 Å². The summed E-state index contributed by atoms with van der Waals surface area (Å²) in [6, 6.07) is 12.7. The molecule has 0 radical (unpaired) electrons. The van der Waals surface area contributed by atoms with Crippen LogP contribution in [0.5, 0.6) is 5.75 Å². The number of hydrogen-bond acceptors (Lipinski definition) is 3. The van der Waals surface area contributed by atoms with Gasteiger partial charge in [-0.3, -0.25) is 0 Å². The van der Waals surface area contributed by atoms with Crippen LogP contribution in [0.2, 0.25) is 5.02 Å². The Labute approximate surface area is 129 Å². The molecule has 0 aliphatic heterocycles. The third-order valence-corrected chi connectivity index (χ3v) is 3.53. The van der Waals surface area contributed by atoms with Crippen molar-refractivity contribution in [2.45, 2.75) is 6.61 Å². The Morgan fingerprint density at radius 3 is 2.75 bits per heavy atom. The molecule has 0 heterocycles. The summed E-state index contributed by atoms with van der Waals surface area (Å²) in [5.74, 6) is 0.501. The van der Waals surface area contributed by atoms with Crippen molar-refractivity contribution >= 4 is 33.4 Å². The zero-order valence-electron chi connectivity index (χ0n) is 10.4. The number of amidine groups is 1. The highest BCUT2D eigenvalue weighted by Crippen LogP contribution is 2.25. The van der Waals surface area contributed by atoms with Gasteiger partial charge in [-0.25, -0.2) is 0 Å².